The predicted octanol–water partition coefficient (Wildman–Crippen LogP) is 5.90. The van der Waals surface area contributed by atoms with Crippen LogP contribution in [0.2, 0.25) is 10.0 Å². The van der Waals surface area contributed by atoms with E-state index in [1.807, 2.05) is 39.0 Å². The SMILES string of the molecule is COc1cc(Nc2ncc3c(=O)n(-c4c(Cl)cccc4Cl)ccc3n2)ccc1N1CCN(C(=O)OC(C)(C)C)CC1. The van der Waals surface area contributed by atoms with Crippen LogP contribution in [0, 0.1) is 0 Å². The van der Waals surface area contributed by atoms with Gasteiger partial charge >= 0.3 is 6.09 Å². The zero-order valence-corrected chi connectivity index (χ0v) is 24.7. The Balaban J connectivity index is 1.32. The van der Waals surface area contributed by atoms with Gasteiger partial charge in [-0.3, -0.25) is 9.36 Å². The fourth-order valence-corrected chi connectivity index (χ4v) is 5.17. The number of nitrogens with zero attached hydrogens (tertiary/aromatic N) is 5. The third-order valence-corrected chi connectivity index (χ3v) is 7.15. The molecule has 10 nitrogen and oxygen atoms in total. The van der Waals surface area contributed by atoms with Crippen molar-refractivity contribution in [1.82, 2.24) is 19.4 Å². The molecule has 4 aromatic rings. The summed E-state index contributed by atoms with van der Waals surface area (Å²) in [6, 6.07) is 12.5. The van der Waals surface area contributed by atoms with Gasteiger partial charge in [0.1, 0.15) is 11.4 Å². The molecule has 1 aliphatic rings. The Morgan fingerprint density at radius 1 is 1.02 bits per heavy atom. The quantitative estimate of drug-likeness (QED) is 0.304. The first kappa shape index (κ1) is 28.5. The summed E-state index contributed by atoms with van der Waals surface area (Å²) in [5.41, 5.74) is 1.65. The molecule has 0 radical (unpaired) electrons. The van der Waals surface area contributed by atoms with Gasteiger partial charge in [-0.25, -0.2) is 14.8 Å². The highest BCUT2D eigenvalue weighted by Crippen LogP contribution is 2.33. The number of carbonyl (C=O) groups is 1. The summed E-state index contributed by atoms with van der Waals surface area (Å²) < 4.78 is 12.6. The predicted molar refractivity (Wildman–Crippen MR) is 161 cm³/mol. The lowest BCUT2D eigenvalue weighted by Gasteiger charge is -2.37. The van der Waals surface area contributed by atoms with Crippen LogP contribution in [-0.2, 0) is 4.74 Å². The van der Waals surface area contributed by atoms with E-state index in [9.17, 15) is 9.59 Å². The molecule has 5 rings (SSSR count). The second kappa shape index (κ2) is 11.5. The number of halogens is 2. The summed E-state index contributed by atoms with van der Waals surface area (Å²) in [6.45, 7) is 7.97. The molecule has 0 aliphatic carbocycles. The van der Waals surface area contributed by atoms with Crippen molar-refractivity contribution in [2.45, 2.75) is 26.4 Å². The van der Waals surface area contributed by atoms with Gasteiger partial charge in [0.2, 0.25) is 5.95 Å². The molecular weight excluding hydrogens is 567 g/mol. The van der Waals surface area contributed by atoms with Crippen molar-refractivity contribution in [2.75, 3.05) is 43.5 Å². The number of fused-ring (bicyclic) bond motifs is 1. The van der Waals surface area contributed by atoms with Crippen molar-refractivity contribution < 1.29 is 14.3 Å². The van der Waals surface area contributed by atoms with Crippen molar-refractivity contribution >= 4 is 57.5 Å². The van der Waals surface area contributed by atoms with Crippen molar-refractivity contribution in [2.24, 2.45) is 0 Å². The first-order valence-corrected chi connectivity index (χ1v) is 13.8. The molecule has 1 fully saturated rings. The van der Waals surface area contributed by atoms with Gasteiger partial charge in [-0.15, -0.1) is 0 Å². The topological polar surface area (TPSA) is 102 Å². The average Bonchev–Trinajstić information content (AvgIpc) is 2.93. The zero-order valence-electron chi connectivity index (χ0n) is 23.1. The van der Waals surface area contributed by atoms with Crippen LogP contribution in [0.3, 0.4) is 0 Å². The molecule has 12 heteroatoms. The van der Waals surface area contributed by atoms with Gasteiger partial charge in [0, 0.05) is 50.3 Å². The Bertz CT molecular complexity index is 1640. The number of methoxy groups -OCH3 is 1. The minimum Gasteiger partial charge on any atom is -0.495 e. The van der Waals surface area contributed by atoms with E-state index in [-0.39, 0.29) is 11.7 Å². The molecule has 2 aromatic heterocycles. The number of anilines is 3. The van der Waals surface area contributed by atoms with Gasteiger partial charge < -0.3 is 24.6 Å². The summed E-state index contributed by atoms with van der Waals surface area (Å²) >= 11 is 12.6. The highest BCUT2D eigenvalue weighted by atomic mass is 35.5. The summed E-state index contributed by atoms with van der Waals surface area (Å²) in [5, 5.41) is 4.24. The molecule has 0 unspecified atom stereocenters. The molecule has 41 heavy (non-hydrogen) atoms. The maximum absolute atomic E-state index is 13.2. The molecule has 1 saturated heterocycles. The zero-order chi connectivity index (χ0) is 29.3. The third kappa shape index (κ3) is 6.18. The maximum atomic E-state index is 13.2. The number of amides is 1. The highest BCUT2D eigenvalue weighted by Gasteiger charge is 2.27. The van der Waals surface area contributed by atoms with Gasteiger partial charge in [-0.2, -0.15) is 0 Å². The Morgan fingerprint density at radius 3 is 2.39 bits per heavy atom. The number of aromatic nitrogens is 3. The average molecular weight is 598 g/mol. The number of carbonyl (C=O) groups excluding carboxylic acids is 1. The molecule has 1 amide bonds. The van der Waals surface area contributed by atoms with E-state index in [1.165, 1.54) is 10.8 Å². The molecular formula is C29H30Cl2N6O4. The number of benzene rings is 2. The first-order chi connectivity index (χ1) is 19.5. The van der Waals surface area contributed by atoms with E-state index in [4.69, 9.17) is 32.7 Å². The molecule has 0 bridgehead atoms. The second-order valence-corrected chi connectivity index (χ2v) is 11.3. The number of hydrogen-bond donors (Lipinski definition) is 1. The third-order valence-electron chi connectivity index (χ3n) is 6.54. The van der Waals surface area contributed by atoms with Crippen LogP contribution in [0.5, 0.6) is 5.75 Å². The molecule has 0 saturated carbocycles. The van der Waals surface area contributed by atoms with Crippen LogP contribution in [0.1, 0.15) is 20.8 Å². The number of para-hydroxylation sites is 1. The van der Waals surface area contributed by atoms with Crippen LogP contribution >= 0.6 is 23.2 Å². The number of ether oxygens (including phenoxy) is 2. The van der Waals surface area contributed by atoms with E-state index in [2.05, 4.69) is 20.2 Å². The Labute approximate surface area is 247 Å². The molecule has 0 atom stereocenters. The monoisotopic (exact) mass is 596 g/mol. The molecule has 2 aromatic carbocycles. The number of piperazine rings is 1. The number of rotatable bonds is 5. The Kier molecular flexibility index (Phi) is 7.97. The van der Waals surface area contributed by atoms with E-state index < -0.39 is 5.60 Å². The second-order valence-electron chi connectivity index (χ2n) is 10.5. The van der Waals surface area contributed by atoms with E-state index >= 15 is 0 Å². The number of hydrogen-bond acceptors (Lipinski definition) is 8. The minimum atomic E-state index is -0.529. The normalized spacial score (nSPS) is 13.8. The molecule has 1 aliphatic heterocycles. The van der Waals surface area contributed by atoms with Crippen LogP contribution in [-0.4, -0.2) is 64.4 Å². The lowest BCUT2D eigenvalue weighted by atomic mass is 10.2. The summed E-state index contributed by atoms with van der Waals surface area (Å²) in [5.74, 6) is 0.993. The Hall–Kier alpha value is -4.02. The largest absolute Gasteiger partial charge is 0.495 e. The lowest BCUT2D eigenvalue weighted by molar-refractivity contribution is 0.0240. The fourth-order valence-electron chi connectivity index (χ4n) is 4.59. The smallest absolute Gasteiger partial charge is 0.410 e. The molecule has 1 N–H and O–H groups in total. The van der Waals surface area contributed by atoms with E-state index in [0.717, 1.165) is 5.69 Å². The van der Waals surface area contributed by atoms with Gasteiger partial charge in [0.05, 0.1) is 39.4 Å². The van der Waals surface area contributed by atoms with E-state index in [1.54, 1.807) is 42.5 Å². The van der Waals surface area contributed by atoms with E-state index in [0.29, 0.717) is 70.2 Å². The van der Waals surface area contributed by atoms with Crippen molar-refractivity contribution in [3.8, 4) is 11.4 Å². The molecule has 3 heterocycles. The lowest BCUT2D eigenvalue weighted by Crippen LogP contribution is -2.50. The van der Waals surface area contributed by atoms with Gasteiger partial charge in [-0.1, -0.05) is 29.3 Å². The first-order valence-electron chi connectivity index (χ1n) is 13.0. The highest BCUT2D eigenvalue weighted by molar-refractivity contribution is 6.37. The van der Waals surface area contributed by atoms with Crippen LogP contribution in [0.25, 0.3) is 16.6 Å². The number of nitrogens with one attached hydrogen (secondary N) is 1. The molecule has 0 spiro atoms. The van der Waals surface area contributed by atoms with Gasteiger partial charge in [-0.05, 0) is 51.1 Å². The van der Waals surface area contributed by atoms with Crippen LogP contribution in [0.15, 0.2) is 59.7 Å². The minimum absolute atomic E-state index is 0.300. The maximum Gasteiger partial charge on any atom is 0.410 e. The summed E-state index contributed by atoms with van der Waals surface area (Å²) in [7, 11) is 1.61. The standard InChI is InChI=1S/C29H30Cl2N6O4/c1-29(2,3)41-28(39)36-14-12-35(13-15-36)23-9-8-18(16-24(23)40-4)33-27-32-17-19-22(34-27)10-11-37(26(19)38)25-20(30)6-5-7-21(25)31/h5-11,16-17H,12-15H2,1-4H3,(H,32,33,34). The van der Waals surface area contributed by atoms with Crippen molar-refractivity contribution in [1.29, 1.82) is 0 Å². The van der Waals surface area contributed by atoms with Gasteiger partial charge in [0.25, 0.3) is 5.56 Å². The Morgan fingerprint density at radius 2 is 1.73 bits per heavy atom. The van der Waals surface area contributed by atoms with Crippen molar-refractivity contribution in [3.63, 3.8) is 0 Å². The van der Waals surface area contributed by atoms with Crippen LogP contribution in [0.4, 0.5) is 22.1 Å². The van der Waals surface area contributed by atoms with Crippen LogP contribution < -0.4 is 20.5 Å². The fraction of sp³-hybridized carbons (Fsp3) is 0.310. The van der Waals surface area contributed by atoms with Crippen molar-refractivity contribution in [3.05, 3.63) is 75.3 Å². The summed E-state index contributed by atoms with van der Waals surface area (Å²) in [4.78, 5) is 38.4. The summed E-state index contributed by atoms with van der Waals surface area (Å²) in [6.07, 6.45) is 2.77. The molecule has 214 valence electrons. The van der Waals surface area contributed by atoms with Gasteiger partial charge in [0.15, 0.2) is 0 Å². The number of pyridine rings is 1.